The molecule has 1 rings (SSSR count). The fraction of sp³-hybridized carbons (Fsp3) is 0.417. The molecule has 0 aromatic heterocycles. The number of anilines is 1. The molecule has 3 N–H and O–H groups in total. The summed E-state index contributed by atoms with van der Waals surface area (Å²) in [5, 5.41) is 2.86. The zero-order valence-corrected chi connectivity index (χ0v) is 13.1. The van der Waals surface area contributed by atoms with Crippen molar-refractivity contribution in [3.63, 3.8) is 0 Å². The third kappa shape index (κ3) is 4.41. The fourth-order valence-corrected chi connectivity index (χ4v) is 3.01. The zero-order chi connectivity index (χ0) is 13.0. The van der Waals surface area contributed by atoms with Gasteiger partial charge in [0.2, 0.25) is 5.91 Å². The molecule has 0 saturated heterocycles. The Morgan fingerprint density at radius 3 is 2.41 bits per heavy atom. The van der Waals surface area contributed by atoms with E-state index in [-0.39, 0.29) is 11.9 Å². The molecule has 1 aromatic rings. The van der Waals surface area contributed by atoms with Crippen LogP contribution < -0.4 is 11.1 Å². The maximum atomic E-state index is 11.7. The summed E-state index contributed by atoms with van der Waals surface area (Å²) in [6.07, 6.45) is 1.13. The summed E-state index contributed by atoms with van der Waals surface area (Å²) in [4.78, 5) is 11.7. The number of rotatable bonds is 4. The number of aryl methyl sites for hydroxylation is 1. The van der Waals surface area contributed by atoms with Crippen molar-refractivity contribution in [3.8, 4) is 0 Å². The number of halogens is 2. The number of carbonyl (C=O) groups excluding carboxylic acids is 1. The molecule has 0 aliphatic heterocycles. The summed E-state index contributed by atoms with van der Waals surface area (Å²) in [5.41, 5.74) is 7.61. The van der Waals surface area contributed by atoms with Crippen molar-refractivity contribution >= 4 is 43.5 Å². The van der Waals surface area contributed by atoms with E-state index in [0.717, 1.165) is 26.6 Å². The third-order valence-electron chi connectivity index (χ3n) is 2.42. The van der Waals surface area contributed by atoms with Crippen LogP contribution in [0.15, 0.2) is 21.1 Å². The van der Waals surface area contributed by atoms with Crippen LogP contribution in [0.1, 0.15) is 25.3 Å². The maximum absolute atomic E-state index is 11.7. The van der Waals surface area contributed by atoms with Crippen LogP contribution in [0, 0.1) is 6.92 Å². The summed E-state index contributed by atoms with van der Waals surface area (Å²) in [6.45, 7) is 3.96. The number of nitrogens with two attached hydrogens (primary N) is 1. The minimum atomic E-state index is -0.0852. The van der Waals surface area contributed by atoms with Gasteiger partial charge >= 0.3 is 0 Å². The van der Waals surface area contributed by atoms with E-state index < -0.39 is 0 Å². The highest BCUT2D eigenvalue weighted by molar-refractivity contribution is 9.11. The van der Waals surface area contributed by atoms with Gasteiger partial charge in [-0.25, -0.2) is 0 Å². The van der Waals surface area contributed by atoms with Crippen LogP contribution in [0.25, 0.3) is 0 Å². The van der Waals surface area contributed by atoms with Gasteiger partial charge in [-0.1, -0.05) is 6.92 Å². The lowest BCUT2D eigenvalue weighted by atomic mass is 10.1. The Kier molecular flexibility index (Phi) is 5.62. The molecule has 0 bridgehead atoms. The summed E-state index contributed by atoms with van der Waals surface area (Å²) in [6, 6.07) is 3.83. The second-order valence-corrected chi connectivity index (χ2v) is 5.73. The van der Waals surface area contributed by atoms with E-state index in [9.17, 15) is 4.79 Å². The van der Waals surface area contributed by atoms with Gasteiger partial charge in [-0.3, -0.25) is 4.79 Å². The van der Waals surface area contributed by atoms with E-state index in [0.29, 0.717) is 6.42 Å². The number of hydrogen-bond donors (Lipinski definition) is 2. The van der Waals surface area contributed by atoms with Crippen LogP contribution in [-0.2, 0) is 4.79 Å². The molecule has 0 saturated carbocycles. The van der Waals surface area contributed by atoms with Gasteiger partial charge in [0, 0.05) is 21.4 Å². The van der Waals surface area contributed by atoms with E-state index >= 15 is 0 Å². The molecule has 5 heteroatoms. The van der Waals surface area contributed by atoms with Crippen LogP contribution in [0.4, 0.5) is 5.69 Å². The number of benzene rings is 1. The van der Waals surface area contributed by atoms with Crippen LogP contribution >= 0.6 is 31.9 Å². The van der Waals surface area contributed by atoms with Crippen molar-refractivity contribution in [2.24, 2.45) is 5.73 Å². The van der Waals surface area contributed by atoms with Gasteiger partial charge in [-0.05, 0) is 62.9 Å². The second kappa shape index (κ2) is 6.52. The highest BCUT2D eigenvalue weighted by atomic mass is 79.9. The molecule has 0 spiro atoms. The first kappa shape index (κ1) is 14.7. The molecular formula is C12H16Br2N2O. The molecule has 1 atom stereocenters. The van der Waals surface area contributed by atoms with Crippen LogP contribution in [0.2, 0.25) is 0 Å². The van der Waals surface area contributed by atoms with Crippen LogP contribution in [-0.4, -0.2) is 11.9 Å². The van der Waals surface area contributed by atoms with Gasteiger partial charge in [0.05, 0.1) is 5.69 Å². The number of nitrogens with one attached hydrogen (secondary N) is 1. The number of hydrogen-bond acceptors (Lipinski definition) is 2. The average Bonchev–Trinajstić information content (AvgIpc) is 2.23. The molecule has 17 heavy (non-hydrogen) atoms. The van der Waals surface area contributed by atoms with Gasteiger partial charge in [-0.2, -0.15) is 0 Å². The Balaban J connectivity index is 2.78. The van der Waals surface area contributed by atoms with Crippen molar-refractivity contribution in [2.45, 2.75) is 32.7 Å². The Labute approximate surface area is 118 Å². The topological polar surface area (TPSA) is 55.1 Å². The summed E-state index contributed by atoms with van der Waals surface area (Å²) >= 11 is 6.87. The Hall–Kier alpha value is -0.390. The van der Waals surface area contributed by atoms with Crippen molar-refractivity contribution < 1.29 is 4.79 Å². The molecule has 1 unspecified atom stereocenters. The van der Waals surface area contributed by atoms with Gasteiger partial charge in [0.15, 0.2) is 0 Å². The molecule has 0 aliphatic rings. The highest BCUT2D eigenvalue weighted by Gasteiger charge is 2.12. The summed E-state index contributed by atoms with van der Waals surface area (Å²) < 4.78 is 1.73. The van der Waals surface area contributed by atoms with Crippen molar-refractivity contribution in [3.05, 3.63) is 26.6 Å². The average molecular weight is 364 g/mol. The van der Waals surface area contributed by atoms with Crippen molar-refractivity contribution in [2.75, 3.05) is 5.32 Å². The number of carbonyl (C=O) groups is 1. The van der Waals surface area contributed by atoms with E-state index in [4.69, 9.17) is 5.73 Å². The smallest absolute Gasteiger partial charge is 0.225 e. The first-order valence-corrected chi connectivity index (χ1v) is 7.03. The normalized spacial score (nSPS) is 12.3. The van der Waals surface area contributed by atoms with Gasteiger partial charge < -0.3 is 11.1 Å². The van der Waals surface area contributed by atoms with Gasteiger partial charge in [0.25, 0.3) is 0 Å². The predicted octanol–water partition coefficient (Wildman–Crippen LogP) is 3.59. The first-order valence-electron chi connectivity index (χ1n) is 5.45. The molecular weight excluding hydrogens is 348 g/mol. The lowest BCUT2D eigenvalue weighted by Gasteiger charge is -2.12. The minimum Gasteiger partial charge on any atom is -0.327 e. The highest BCUT2D eigenvalue weighted by Crippen LogP contribution is 2.32. The predicted molar refractivity (Wildman–Crippen MR) is 78.1 cm³/mol. The Bertz CT molecular complexity index is 398. The molecule has 0 fully saturated rings. The van der Waals surface area contributed by atoms with Gasteiger partial charge in [-0.15, -0.1) is 0 Å². The molecule has 0 heterocycles. The largest absolute Gasteiger partial charge is 0.327 e. The minimum absolute atomic E-state index is 0.0652. The molecule has 3 nitrogen and oxygen atoms in total. The summed E-state index contributed by atoms with van der Waals surface area (Å²) in [5.74, 6) is -0.0652. The standard InChI is InChI=1S/C12H16Br2N2O/c1-3-8(15)6-11(17)16-12-9(13)4-7(2)5-10(12)14/h4-5,8H,3,6,15H2,1-2H3,(H,16,17). The first-order chi connectivity index (χ1) is 7.93. The molecule has 0 radical (unpaired) electrons. The SMILES string of the molecule is CCC(N)CC(=O)Nc1c(Br)cc(C)cc1Br. The zero-order valence-electron chi connectivity index (χ0n) is 9.89. The van der Waals surface area contributed by atoms with E-state index in [1.165, 1.54) is 0 Å². The van der Waals surface area contributed by atoms with E-state index in [2.05, 4.69) is 37.2 Å². The molecule has 0 aliphatic carbocycles. The lowest BCUT2D eigenvalue weighted by molar-refractivity contribution is -0.116. The quantitative estimate of drug-likeness (QED) is 0.858. The van der Waals surface area contributed by atoms with Crippen LogP contribution in [0.5, 0.6) is 0 Å². The molecule has 1 amide bonds. The molecule has 94 valence electrons. The summed E-state index contributed by atoms with van der Waals surface area (Å²) in [7, 11) is 0. The molecule has 1 aromatic carbocycles. The van der Waals surface area contributed by atoms with Crippen LogP contribution in [0.3, 0.4) is 0 Å². The van der Waals surface area contributed by atoms with E-state index in [1.54, 1.807) is 0 Å². The van der Waals surface area contributed by atoms with Crippen molar-refractivity contribution in [1.82, 2.24) is 0 Å². The third-order valence-corrected chi connectivity index (χ3v) is 3.67. The van der Waals surface area contributed by atoms with Crippen molar-refractivity contribution in [1.29, 1.82) is 0 Å². The van der Waals surface area contributed by atoms with Gasteiger partial charge in [0.1, 0.15) is 0 Å². The lowest BCUT2D eigenvalue weighted by Crippen LogP contribution is -2.26. The number of amides is 1. The second-order valence-electron chi connectivity index (χ2n) is 4.02. The fourth-order valence-electron chi connectivity index (χ4n) is 1.39. The van der Waals surface area contributed by atoms with E-state index in [1.807, 2.05) is 26.0 Å². The Morgan fingerprint density at radius 2 is 1.94 bits per heavy atom. The maximum Gasteiger partial charge on any atom is 0.225 e. The Morgan fingerprint density at radius 1 is 1.41 bits per heavy atom. The monoisotopic (exact) mass is 362 g/mol.